The second-order valence-electron chi connectivity index (χ2n) is 6.61. The number of primary amides is 1. The number of nitrogens with two attached hydrogens (primary N) is 1. The summed E-state index contributed by atoms with van der Waals surface area (Å²) in [7, 11) is 0. The van der Waals surface area contributed by atoms with E-state index in [-0.39, 0.29) is 0 Å². The largest absolute Gasteiger partial charge is 0.483 e. The number of hydrogen-bond donors (Lipinski definition) is 3. The van der Waals surface area contributed by atoms with E-state index >= 15 is 0 Å². The van der Waals surface area contributed by atoms with E-state index in [0.29, 0.717) is 41.6 Å². The molecule has 0 saturated heterocycles. The van der Waals surface area contributed by atoms with Crippen molar-refractivity contribution in [3.8, 4) is 0 Å². The van der Waals surface area contributed by atoms with Gasteiger partial charge in [0.2, 0.25) is 0 Å². The minimum absolute atomic E-state index is 0.406. The van der Waals surface area contributed by atoms with E-state index in [1.807, 2.05) is 30.3 Å². The van der Waals surface area contributed by atoms with Crippen LogP contribution in [0.25, 0.3) is 10.9 Å². The van der Waals surface area contributed by atoms with Crippen LogP contribution in [0.1, 0.15) is 20.8 Å². The molecular formula is C21H17N5O2S. The molecule has 29 heavy (non-hydrogen) atoms. The van der Waals surface area contributed by atoms with Gasteiger partial charge >= 0.3 is 0 Å². The molecule has 2 aliphatic heterocycles. The van der Waals surface area contributed by atoms with Crippen LogP contribution in [0.4, 0.5) is 0 Å². The van der Waals surface area contributed by atoms with Gasteiger partial charge in [-0.3, -0.25) is 4.79 Å². The highest BCUT2D eigenvalue weighted by atomic mass is 32.1. The molecule has 2 aliphatic rings. The lowest BCUT2D eigenvalue weighted by Crippen LogP contribution is -2.31. The van der Waals surface area contributed by atoms with E-state index in [4.69, 9.17) is 15.5 Å². The van der Waals surface area contributed by atoms with Crippen molar-refractivity contribution >= 4 is 34.2 Å². The van der Waals surface area contributed by atoms with Crippen LogP contribution in [0.3, 0.4) is 0 Å². The van der Waals surface area contributed by atoms with Crippen LogP contribution in [0.5, 0.6) is 0 Å². The maximum atomic E-state index is 11.7. The summed E-state index contributed by atoms with van der Waals surface area (Å²) in [4.78, 5) is 17.3. The molecule has 0 aliphatic carbocycles. The zero-order valence-electron chi connectivity index (χ0n) is 15.3. The number of carbonyl (C=O) groups excluding carboxylic acids is 1. The van der Waals surface area contributed by atoms with Crippen LogP contribution in [0.15, 0.2) is 76.9 Å². The van der Waals surface area contributed by atoms with E-state index in [0.717, 1.165) is 21.5 Å². The lowest BCUT2D eigenvalue weighted by atomic mass is 10.1. The van der Waals surface area contributed by atoms with Crippen molar-refractivity contribution < 1.29 is 9.53 Å². The van der Waals surface area contributed by atoms with Crippen molar-refractivity contribution in [2.45, 2.75) is 6.54 Å². The summed E-state index contributed by atoms with van der Waals surface area (Å²) in [6.07, 6.45) is 1.98. The fourth-order valence-corrected chi connectivity index (χ4v) is 4.17. The van der Waals surface area contributed by atoms with Crippen molar-refractivity contribution in [2.24, 2.45) is 10.7 Å². The minimum atomic E-state index is -0.495. The summed E-state index contributed by atoms with van der Waals surface area (Å²) < 4.78 is 10.2. The third-order valence-electron chi connectivity index (χ3n) is 4.74. The Labute approximate surface area is 170 Å². The third kappa shape index (κ3) is 3.13. The minimum Gasteiger partial charge on any atom is -0.483 e. The Morgan fingerprint density at radius 1 is 1.21 bits per heavy atom. The van der Waals surface area contributed by atoms with Crippen molar-refractivity contribution in [2.75, 3.05) is 6.61 Å². The standard InChI is InChI=1S/C21H17N5O2S/c22-19(27)14-8-4-7-13-16(14)26-29-18(13)21-24-15-9-10-28-17(15)20(25-21)23-11-12-5-2-1-3-6-12/h1-9,23H,10-11H2,(H2,22,27)(H,24,25). The molecule has 3 heterocycles. The number of aromatic nitrogens is 1. The molecule has 144 valence electrons. The number of nitrogens with one attached hydrogen (secondary N) is 2. The van der Waals surface area contributed by atoms with Gasteiger partial charge in [-0.2, -0.15) is 4.37 Å². The molecule has 5 rings (SSSR count). The molecule has 8 heteroatoms. The Kier molecular flexibility index (Phi) is 4.25. The molecule has 0 atom stereocenters. The molecule has 0 radical (unpaired) electrons. The van der Waals surface area contributed by atoms with Crippen LogP contribution >= 0.6 is 11.5 Å². The van der Waals surface area contributed by atoms with Crippen LogP contribution in [-0.4, -0.2) is 22.7 Å². The van der Waals surface area contributed by atoms with Gasteiger partial charge in [-0.1, -0.05) is 42.5 Å². The number of fused-ring (bicyclic) bond motifs is 2. The van der Waals surface area contributed by atoms with Gasteiger partial charge in [0.25, 0.3) is 5.91 Å². The van der Waals surface area contributed by atoms with Gasteiger partial charge in [0.15, 0.2) is 17.4 Å². The van der Waals surface area contributed by atoms with Crippen molar-refractivity contribution in [1.82, 2.24) is 15.0 Å². The summed E-state index contributed by atoms with van der Waals surface area (Å²) >= 11 is 1.28. The van der Waals surface area contributed by atoms with Gasteiger partial charge in [0.1, 0.15) is 6.61 Å². The number of aliphatic imine (C=N–C) groups is 1. The summed E-state index contributed by atoms with van der Waals surface area (Å²) in [6.45, 7) is 1.12. The lowest BCUT2D eigenvalue weighted by Gasteiger charge is -2.20. The van der Waals surface area contributed by atoms with Crippen molar-refractivity contribution in [3.63, 3.8) is 0 Å². The second-order valence-corrected chi connectivity index (χ2v) is 7.38. The van der Waals surface area contributed by atoms with Gasteiger partial charge in [-0.15, -0.1) is 0 Å². The second kappa shape index (κ2) is 7.06. The molecular weight excluding hydrogens is 386 g/mol. The Morgan fingerprint density at radius 2 is 2.07 bits per heavy atom. The number of carbonyl (C=O) groups is 1. The number of amidine groups is 1. The molecule has 0 spiro atoms. The molecule has 2 aromatic carbocycles. The molecule has 7 nitrogen and oxygen atoms in total. The van der Waals surface area contributed by atoms with Crippen molar-refractivity contribution in [1.29, 1.82) is 0 Å². The zero-order chi connectivity index (χ0) is 19.8. The normalized spacial score (nSPS) is 15.3. The fraction of sp³-hybridized carbons (Fsp3) is 0.0952. The summed E-state index contributed by atoms with van der Waals surface area (Å²) in [5.74, 6) is 1.54. The predicted octanol–water partition coefficient (Wildman–Crippen LogP) is 2.62. The monoisotopic (exact) mass is 403 g/mol. The summed E-state index contributed by atoms with van der Waals surface area (Å²) in [5, 5.41) is 7.54. The molecule has 0 fully saturated rings. The SMILES string of the molecule is NC(=O)c1cccc2c(C3=NC(NCc4ccccc4)=C4OCC=C4N3)snc12. The maximum Gasteiger partial charge on any atom is 0.250 e. The highest BCUT2D eigenvalue weighted by Crippen LogP contribution is 2.30. The smallest absolute Gasteiger partial charge is 0.250 e. The highest BCUT2D eigenvalue weighted by Gasteiger charge is 2.27. The van der Waals surface area contributed by atoms with Gasteiger partial charge in [-0.25, -0.2) is 4.99 Å². The number of hydrogen-bond acceptors (Lipinski definition) is 7. The van der Waals surface area contributed by atoms with Gasteiger partial charge in [0, 0.05) is 11.9 Å². The maximum absolute atomic E-state index is 11.7. The first-order valence-corrected chi connectivity index (χ1v) is 9.88. The molecule has 0 unspecified atom stereocenters. The molecule has 3 aromatic rings. The number of benzene rings is 2. The first-order chi connectivity index (χ1) is 14.2. The van der Waals surface area contributed by atoms with Crippen LogP contribution in [0.2, 0.25) is 0 Å². The van der Waals surface area contributed by atoms with Gasteiger partial charge in [0.05, 0.1) is 21.7 Å². The average Bonchev–Trinajstić information content (AvgIpc) is 3.39. The quantitative estimate of drug-likeness (QED) is 0.608. The fourth-order valence-electron chi connectivity index (χ4n) is 3.34. The third-order valence-corrected chi connectivity index (χ3v) is 5.61. The summed E-state index contributed by atoms with van der Waals surface area (Å²) in [6, 6.07) is 15.5. The van der Waals surface area contributed by atoms with Crippen molar-refractivity contribution in [3.05, 3.63) is 87.9 Å². The molecule has 0 bridgehead atoms. The Hall–Kier alpha value is -3.65. The average molecular weight is 403 g/mol. The highest BCUT2D eigenvalue weighted by molar-refractivity contribution is 7.09. The number of nitrogens with zero attached hydrogens (tertiary/aromatic N) is 2. The van der Waals surface area contributed by atoms with Gasteiger partial charge < -0.3 is 21.1 Å². The molecule has 4 N–H and O–H groups in total. The molecule has 1 amide bonds. The molecule has 1 aromatic heterocycles. The number of amides is 1. The Bertz CT molecular complexity index is 1210. The van der Waals surface area contributed by atoms with E-state index < -0.39 is 5.91 Å². The van der Waals surface area contributed by atoms with E-state index in [1.165, 1.54) is 11.5 Å². The number of ether oxygens (including phenoxy) is 1. The summed E-state index contributed by atoms with van der Waals surface area (Å²) in [5.41, 5.74) is 8.51. The van der Waals surface area contributed by atoms with E-state index in [9.17, 15) is 4.79 Å². The Morgan fingerprint density at radius 3 is 2.90 bits per heavy atom. The number of rotatable bonds is 5. The van der Waals surface area contributed by atoms with Gasteiger partial charge in [-0.05, 0) is 29.2 Å². The molecule has 0 saturated carbocycles. The van der Waals surface area contributed by atoms with Crippen LogP contribution in [0, 0.1) is 0 Å². The first-order valence-electron chi connectivity index (χ1n) is 9.10. The van der Waals surface area contributed by atoms with Crippen LogP contribution in [-0.2, 0) is 11.3 Å². The lowest BCUT2D eigenvalue weighted by molar-refractivity contribution is 0.100. The predicted molar refractivity (Wildman–Crippen MR) is 112 cm³/mol. The topological polar surface area (TPSA) is 102 Å². The zero-order valence-corrected chi connectivity index (χ0v) is 16.1. The Balaban J connectivity index is 1.53. The van der Waals surface area contributed by atoms with E-state index in [1.54, 1.807) is 12.1 Å². The van der Waals surface area contributed by atoms with Crippen LogP contribution < -0.4 is 16.4 Å². The first kappa shape index (κ1) is 17.4. The van der Waals surface area contributed by atoms with E-state index in [2.05, 4.69) is 27.1 Å².